The van der Waals surface area contributed by atoms with E-state index >= 15 is 0 Å². The summed E-state index contributed by atoms with van der Waals surface area (Å²) in [5.74, 6) is 6.40. The molecule has 0 radical (unpaired) electrons. The lowest BCUT2D eigenvalue weighted by Crippen LogP contribution is -2.48. The molecule has 206 valence electrons. The normalized spacial score (nSPS) is 15.1. The van der Waals surface area contributed by atoms with E-state index < -0.39 is 11.9 Å². The molecule has 3 heterocycles. The molecule has 2 aliphatic heterocycles. The van der Waals surface area contributed by atoms with E-state index in [0.29, 0.717) is 29.9 Å². The van der Waals surface area contributed by atoms with Crippen LogP contribution in [0.5, 0.6) is 5.75 Å². The number of rotatable bonds is 6. The zero-order valence-electron chi connectivity index (χ0n) is 22.8. The van der Waals surface area contributed by atoms with Crippen molar-refractivity contribution in [3.05, 3.63) is 58.9 Å². The first-order valence-electron chi connectivity index (χ1n) is 12.7. The third kappa shape index (κ3) is 7.55. The molecule has 39 heavy (non-hydrogen) atoms. The van der Waals surface area contributed by atoms with Gasteiger partial charge in [0.05, 0.1) is 7.11 Å². The number of piperazine rings is 1. The highest BCUT2D eigenvalue weighted by Crippen LogP contribution is 2.25. The average Bonchev–Trinajstić information content (AvgIpc) is 3.27. The van der Waals surface area contributed by atoms with Crippen molar-refractivity contribution >= 4 is 24.1 Å². The van der Waals surface area contributed by atoms with E-state index in [1.54, 1.807) is 43.6 Å². The average molecular weight is 534 g/mol. The Morgan fingerprint density at radius 2 is 1.97 bits per heavy atom. The van der Waals surface area contributed by atoms with Gasteiger partial charge < -0.3 is 30.1 Å². The molecule has 1 aromatic carbocycles. The molecule has 11 nitrogen and oxygen atoms in total. The predicted molar refractivity (Wildman–Crippen MR) is 147 cm³/mol. The molecule has 1 atom stereocenters. The molecule has 2 aliphatic rings. The van der Waals surface area contributed by atoms with E-state index in [1.807, 2.05) is 17.0 Å². The van der Waals surface area contributed by atoms with Gasteiger partial charge in [0.15, 0.2) is 6.04 Å². The number of amidine groups is 1. The zero-order chi connectivity index (χ0) is 28.4. The summed E-state index contributed by atoms with van der Waals surface area (Å²) in [4.78, 5) is 44.0. The minimum absolute atomic E-state index is 0.0777. The fourth-order valence-corrected chi connectivity index (χ4v) is 4.21. The summed E-state index contributed by atoms with van der Waals surface area (Å²) in [6, 6.07) is 6.46. The number of aromatic nitrogens is 1. The van der Waals surface area contributed by atoms with Crippen LogP contribution in [0.3, 0.4) is 0 Å². The number of carbonyl (C=O) groups excluding carboxylic acids is 3. The van der Waals surface area contributed by atoms with Crippen molar-refractivity contribution in [2.45, 2.75) is 19.5 Å². The zero-order valence-corrected chi connectivity index (χ0v) is 22.8. The van der Waals surface area contributed by atoms with E-state index in [4.69, 9.17) is 10.1 Å². The molecule has 0 aliphatic carbocycles. The minimum Gasteiger partial charge on any atom is -0.497 e. The highest BCUT2D eigenvalue weighted by Gasteiger charge is 2.24. The molecule has 2 aromatic rings. The second kappa shape index (κ2) is 13.9. The van der Waals surface area contributed by atoms with Gasteiger partial charge in [-0.3, -0.25) is 24.8 Å². The number of hydrogen-bond donors (Lipinski definition) is 3. The van der Waals surface area contributed by atoms with E-state index in [0.717, 1.165) is 49.6 Å². The number of ether oxygens (including phenoxy) is 1. The Kier molecular flexibility index (Phi) is 10.4. The maximum Gasteiger partial charge on any atom is 0.254 e. The molecule has 1 saturated heterocycles. The summed E-state index contributed by atoms with van der Waals surface area (Å²) >= 11 is 0. The molecule has 3 N–H and O–H groups in total. The number of nitrogens with zero attached hydrogens (tertiary/aromatic N) is 4. The van der Waals surface area contributed by atoms with Gasteiger partial charge in [0.2, 0.25) is 6.41 Å². The smallest absolute Gasteiger partial charge is 0.254 e. The first-order chi connectivity index (χ1) is 18.8. The van der Waals surface area contributed by atoms with Gasteiger partial charge >= 0.3 is 0 Å². The molecule has 0 spiro atoms. The summed E-state index contributed by atoms with van der Waals surface area (Å²) in [5.41, 5.74) is 3.11. The molecule has 4 rings (SSSR count). The van der Waals surface area contributed by atoms with Crippen LogP contribution in [0.15, 0.2) is 36.7 Å². The third-order valence-corrected chi connectivity index (χ3v) is 6.55. The maximum atomic E-state index is 11.7. The summed E-state index contributed by atoms with van der Waals surface area (Å²) in [6.45, 7) is 7.37. The van der Waals surface area contributed by atoms with Crippen molar-refractivity contribution in [1.29, 1.82) is 5.41 Å². The fraction of sp³-hybridized carbons (Fsp3) is 0.393. The molecule has 0 saturated carbocycles. The number of fused-ring (bicyclic) bond motifs is 1. The molecule has 1 aromatic heterocycles. The van der Waals surface area contributed by atoms with Crippen molar-refractivity contribution in [1.82, 2.24) is 30.3 Å². The van der Waals surface area contributed by atoms with Gasteiger partial charge in [-0.25, -0.2) is 0 Å². The lowest BCUT2D eigenvalue weighted by Gasteiger charge is -2.35. The van der Waals surface area contributed by atoms with E-state index in [2.05, 4.69) is 39.3 Å². The van der Waals surface area contributed by atoms with Crippen molar-refractivity contribution in [3.63, 3.8) is 0 Å². The van der Waals surface area contributed by atoms with Crippen LogP contribution in [-0.2, 0) is 16.1 Å². The Bertz CT molecular complexity index is 1260. The quantitative estimate of drug-likeness (QED) is 0.214. The van der Waals surface area contributed by atoms with Gasteiger partial charge in [-0.05, 0) is 30.3 Å². The van der Waals surface area contributed by atoms with Gasteiger partial charge in [0.25, 0.3) is 11.8 Å². The van der Waals surface area contributed by atoms with Gasteiger partial charge in [-0.2, -0.15) is 0 Å². The molecule has 11 heteroatoms. The number of amides is 3. The number of carbonyl (C=O) groups is 3. The highest BCUT2D eigenvalue weighted by molar-refractivity contribution is 5.98. The lowest BCUT2D eigenvalue weighted by atomic mass is 10.1. The fourth-order valence-electron chi connectivity index (χ4n) is 4.21. The Balaban J connectivity index is 0.000000268. The monoisotopic (exact) mass is 533 g/mol. The van der Waals surface area contributed by atoms with Gasteiger partial charge in [0, 0.05) is 75.9 Å². The van der Waals surface area contributed by atoms with E-state index in [-0.39, 0.29) is 5.91 Å². The highest BCUT2D eigenvalue weighted by atomic mass is 16.5. The Morgan fingerprint density at radius 1 is 1.23 bits per heavy atom. The maximum absolute atomic E-state index is 11.7. The summed E-state index contributed by atoms with van der Waals surface area (Å²) in [7, 11) is 4.88. The van der Waals surface area contributed by atoms with Crippen LogP contribution in [0.1, 0.15) is 34.0 Å². The topological polar surface area (TPSA) is 131 Å². The van der Waals surface area contributed by atoms with Crippen LogP contribution >= 0.6 is 0 Å². The largest absolute Gasteiger partial charge is 0.497 e. The second-order valence-corrected chi connectivity index (χ2v) is 9.02. The van der Waals surface area contributed by atoms with Gasteiger partial charge in [-0.15, -0.1) is 0 Å². The van der Waals surface area contributed by atoms with Crippen LogP contribution < -0.4 is 15.4 Å². The second-order valence-electron chi connectivity index (χ2n) is 9.02. The summed E-state index contributed by atoms with van der Waals surface area (Å²) in [6.07, 6.45) is 3.65. The molecular weight excluding hydrogens is 498 g/mol. The molecule has 0 bridgehead atoms. The van der Waals surface area contributed by atoms with Gasteiger partial charge in [-0.1, -0.05) is 24.8 Å². The van der Waals surface area contributed by atoms with Crippen molar-refractivity contribution in [2.24, 2.45) is 0 Å². The Labute approximate surface area is 229 Å². The number of pyridine rings is 1. The summed E-state index contributed by atoms with van der Waals surface area (Å²) in [5, 5.41) is 13.2. The first kappa shape index (κ1) is 29.1. The standard InChI is InChI=1S/C18H24N6O2.C10H11NO2/c1-3-23-6-8-24(9-7-23)17(19)15-10-14(11-21-12-15)4-5-16(22-13-25)18(26)20-2;1-11-6-7-3-4-8(13-2)5-9(7)10(11)12/h10-13,16,19H,3,6-9H2,1-2H3,(H,20,26)(H,22,25);3-5H,6H2,1-2H3/t16-;/m0./s1. The van der Waals surface area contributed by atoms with Crippen LogP contribution in [0.4, 0.5) is 0 Å². The van der Waals surface area contributed by atoms with Crippen LogP contribution in [0, 0.1) is 17.3 Å². The van der Waals surface area contributed by atoms with Crippen molar-refractivity contribution in [2.75, 3.05) is 53.9 Å². The first-order valence-corrected chi connectivity index (χ1v) is 12.7. The lowest BCUT2D eigenvalue weighted by molar-refractivity contribution is -0.123. The number of hydrogen-bond acceptors (Lipinski definition) is 7. The summed E-state index contributed by atoms with van der Waals surface area (Å²) < 4.78 is 5.05. The van der Waals surface area contributed by atoms with Crippen molar-refractivity contribution < 1.29 is 19.1 Å². The van der Waals surface area contributed by atoms with Crippen LogP contribution in [-0.4, -0.2) is 104 Å². The third-order valence-electron chi connectivity index (χ3n) is 6.55. The van der Waals surface area contributed by atoms with Crippen molar-refractivity contribution in [3.8, 4) is 17.6 Å². The number of benzene rings is 1. The Morgan fingerprint density at radius 3 is 2.62 bits per heavy atom. The SMILES string of the molecule is CCN1CCN(C(=N)c2cncc(C#C[C@H](NC=O)C(=O)NC)c2)CC1.COc1ccc2c(c1)C(=O)N(C)C2. The van der Waals surface area contributed by atoms with E-state index in [1.165, 1.54) is 7.05 Å². The Hall–Kier alpha value is -4.43. The molecule has 3 amide bonds. The van der Waals surface area contributed by atoms with Crippen LogP contribution in [0.25, 0.3) is 0 Å². The molecular formula is C28H35N7O4. The van der Waals surface area contributed by atoms with Crippen LogP contribution in [0.2, 0.25) is 0 Å². The minimum atomic E-state index is -0.928. The van der Waals surface area contributed by atoms with E-state index in [9.17, 15) is 14.4 Å². The number of nitrogens with one attached hydrogen (secondary N) is 3. The number of methoxy groups -OCH3 is 1. The predicted octanol–water partition coefficient (Wildman–Crippen LogP) is 0.537. The van der Waals surface area contributed by atoms with Gasteiger partial charge in [0.1, 0.15) is 11.6 Å². The molecule has 1 fully saturated rings. The molecule has 0 unspecified atom stereocenters. The number of likely N-dealkylation sites (N-methyl/N-ethyl adjacent to an activating group) is 2.